The summed E-state index contributed by atoms with van der Waals surface area (Å²) in [4.78, 5) is 5.86. The van der Waals surface area contributed by atoms with Crippen LogP contribution in [0.25, 0.3) is 0 Å². The van der Waals surface area contributed by atoms with Gasteiger partial charge in [0, 0.05) is 16.0 Å². The standard InChI is InChI=1S/C13H20N2S2/c1-5-8-16-9-11-15-12(13(2,3)4)10(17-11)6-7-14/h5-6,8-9H2,1-4H3. The normalized spacial score (nSPS) is 11.5. The predicted molar refractivity (Wildman–Crippen MR) is 76.6 cm³/mol. The minimum absolute atomic E-state index is 0.0381. The number of thiazole rings is 1. The topological polar surface area (TPSA) is 36.7 Å². The number of thioether (sulfide) groups is 1. The average molecular weight is 268 g/mol. The molecule has 0 saturated carbocycles. The fraction of sp³-hybridized carbons (Fsp3) is 0.692. The van der Waals surface area contributed by atoms with Crippen molar-refractivity contribution in [1.29, 1.82) is 5.26 Å². The molecule has 0 aliphatic rings. The van der Waals surface area contributed by atoms with Gasteiger partial charge in [-0.1, -0.05) is 27.7 Å². The van der Waals surface area contributed by atoms with Gasteiger partial charge < -0.3 is 0 Å². The molecule has 0 aliphatic carbocycles. The van der Waals surface area contributed by atoms with E-state index < -0.39 is 0 Å². The molecular weight excluding hydrogens is 248 g/mol. The molecule has 0 unspecified atom stereocenters. The summed E-state index contributed by atoms with van der Waals surface area (Å²) in [6.07, 6.45) is 1.69. The van der Waals surface area contributed by atoms with E-state index in [0.29, 0.717) is 6.42 Å². The van der Waals surface area contributed by atoms with E-state index in [0.717, 1.165) is 16.3 Å². The van der Waals surface area contributed by atoms with Gasteiger partial charge in [-0.25, -0.2) is 4.98 Å². The maximum atomic E-state index is 8.86. The number of nitrogens with zero attached hydrogens (tertiary/aromatic N) is 2. The molecule has 2 nitrogen and oxygen atoms in total. The van der Waals surface area contributed by atoms with Gasteiger partial charge in [0.2, 0.25) is 0 Å². The van der Waals surface area contributed by atoms with Crippen LogP contribution in [0.5, 0.6) is 0 Å². The molecule has 1 aromatic rings. The van der Waals surface area contributed by atoms with E-state index >= 15 is 0 Å². The molecule has 0 N–H and O–H groups in total. The van der Waals surface area contributed by atoms with Gasteiger partial charge in [0.05, 0.1) is 18.2 Å². The molecule has 0 radical (unpaired) electrons. The third-order valence-corrected chi connectivity index (χ3v) is 4.68. The summed E-state index contributed by atoms with van der Waals surface area (Å²) in [5, 5.41) is 10.0. The lowest BCUT2D eigenvalue weighted by Crippen LogP contribution is -2.14. The number of hydrogen-bond donors (Lipinski definition) is 0. The molecule has 1 rings (SSSR count). The maximum Gasteiger partial charge on any atom is 0.103 e. The third-order valence-electron chi connectivity index (χ3n) is 2.27. The minimum Gasteiger partial charge on any atom is -0.244 e. The molecular formula is C13H20N2S2. The number of aromatic nitrogens is 1. The zero-order valence-electron chi connectivity index (χ0n) is 11.0. The molecule has 0 spiro atoms. The van der Waals surface area contributed by atoms with Crippen molar-refractivity contribution >= 4 is 23.1 Å². The smallest absolute Gasteiger partial charge is 0.103 e. The Morgan fingerprint density at radius 2 is 2.12 bits per heavy atom. The van der Waals surface area contributed by atoms with E-state index in [1.165, 1.54) is 17.2 Å². The number of nitriles is 1. The second-order valence-corrected chi connectivity index (χ2v) is 7.29. The third kappa shape index (κ3) is 4.33. The summed E-state index contributed by atoms with van der Waals surface area (Å²) >= 11 is 3.63. The van der Waals surface area contributed by atoms with Gasteiger partial charge in [-0.15, -0.1) is 11.3 Å². The van der Waals surface area contributed by atoms with Crippen molar-refractivity contribution in [3.8, 4) is 6.07 Å². The Balaban J connectivity index is 2.85. The van der Waals surface area contributed by atoms with Crippen LogP contribution >= 0.6 is 23.1 Å². The quantitative estimate of drug-likeness (QED) is 0.753. The lowest BCUT2D eigenvalue weighted by Gasteiger charge is -2.16. The summed E-state index contributed by atoms with van der Waals surface area (Å²) in [6, 6.07) is 2.24. The highest BCUT2D eigenvalue weighted by Gasteiger charge is 2.22. The van der Waals surface area contributed by atoms with Crippen LogP contribution in [0.4, 0.5) is 0 Å². The molecule has 17 heavy (non-hydrogen) atoms. The summed E-state index contributed by atoms with van der Waals surface area (Å²) in [6.45, 7) is 8.67. The van der Waals surface area contributed by atoms with E-state index in [-0.39, 0.29) is 5.41 Å². The zero-order valence-corrected chi connectivity index (χ0v) is 12.7. The number of rotatable bonds is 5. The molecule has 1 aromatic heterocycles. The minimum atomic E-state index is 0.0381. The highest BCUT2D eigenvalue weighted by atomic mass is 32.2. The molecule has 1 heterocycles. The second kappa shape index (κ2) is 6.42. The maximum absolute atomic E-state index is 8.86. The van der Waals surface area contributed by atoms with Crippen LogP contribution in [0.15, 0.2) is 0 Å². The van der Waals surface area contributed by atoms with Crippen molar-refractivity contribution in [3.05, 3.63) is 15.6 Å². The Morgan fingerprint density at radius 3 is 2.65 bits per heavy atom. The SMILES string of the molecule is CCCSCc1nc(C(C)(C)C)c(CC#N)s1. The van der Waals surface area contributed by atoms with E-state index in [2.05, 4.69) is 33.8 Å². The van der Waals surface area contributed by atoms with Crippen molar-refractivity contribution in [2.75, 3.05) is 5.75 Å². The van der Waals surface area contributed by atoms with Crippen molar-refractivity contribution in [2.45, 2.75) is 51.7 Å². The van der Waals surface area contributed by atoms with Gasteiger partial charge in [0.25, 0.3) is 0 Å². The largest absolute Gasteiger partial charge is 0.244 e. The summed E-state index contributed by atoms with van der Waals surface area (Å²) in [5.41, 5.74) is 1.15. The first-order chi connectivity index (χ1) is 7.99. The molecule has 0 aliphatic heterocycles. The van der Waals surface area contributed by atoms with Crippen LogP contribution in [-0.4, -0.2) is 10.7 Å². The van der Waals surface area contributed by atoms with Crippen molar-refractivity contribution in [3.63, 3.8) is 0 Å². The molecule has 0 saturated heterocycles. The Labute approximate surface area is 112 Å². The number of hydrogen-bond acceptors (Lipinski definition) is 4. The fourth-order valence-electron chi connectivity index (χ4n) is 1.54. The van der Waals surface area contributed by atoms with E-state index in [4.69, 9.17) is 10.2 Å². The van der Waals surface area contributed by atoms with Gasteiger partial charge in [-0.2, -0.15) is 17.0 Å². The Morgan fingerprint density at radius 1 is 1.41 bits per heavy atom. The molecule has 0 atom stereocenters. The fourth-order valence-corrected chi connectivity index (χ4v) is 3.71. The molecule has 4 heteroatoms. The van der Waals surface area contributed by atoms with E-state index in [1.807, 2.05) is 11.8 Å². The summed E-state index contributed by atoms with van der Waals surface area (Å²) in [7, 11) is 0. The van der Waals surface area contributed by atoms with Gasteiger partial charge in [0.1, 0.15) is 5.01 Å². The van der Waals surface area contributed by atoms with Crippen LogP contribution < -0.4 is 0 Å². The van der Waals surface area contributed by atoms with Gasteiger partial charge in [-0.3, -0.25) is 0 Å². The Hall–Kier alpha value is -0.530. The van der Waals surface area contributed by atoms with Gasteiger partial charge >= 0.3 is 0 Å². The first-order valence-electron chi connectivity index (χ1n) is 5.92. The van der Waals surface area contributed by atoms with Crippen molar-refractivity contribution in [1.82, 2.24) is 4.98 Å². The average Bonchev–Trinajstić information content (AvgIpc) is 2.62. The van der Waals surface area contributed by atoms with Gasteiger partial charge in [-0.05, 0) is 12.2 Å². The predicted octanol–water partition coefficient (Wildman–Crippen LogP) is 4.15. The molecule has 94 valence electrons. The summed E-state index contributed by atoms with van der Waals surface area (Å²) in [5.74, 6) is 2.16. The first kappa shape index (κ1) is 14.5. The van der Waals surface area contributed by atoms with Crippen LogP contribution in [0.2, 0.25) is 0 Å². The van der Waals surface area contributed by atoms with E-state index in [1.54, 1.807) is 11.3 Å². The van der Waals surface area contributed by atoms with Crippen LogP contribution in [0, 0.1) is 11.3 Å². The molecule has 0 bridgehead atoms. The molecule has 0 aromatic carbocycles. The molecule has 0 amide bonds. The first-order valence-corrected chi connectivity index (χ1v) is 7.90. The summed E-state index contributed by atoms with van der Waals surface area (Å²) < 4.78 is 0. The van der Waals surface area contributed by atoms with Crippen LogP contribution in [0.1, 0.15) is 49.7 Å². The van der Waals surface area contributed by atoms with Crippen LogP contribution in [-0.2, 0) is 17.6 Å². The Bertz CT molecular complexity index is 397. The zero-order chi connectivity index (χ0) is 12.9. The lowest BCUT2D eigenvalue weighted by atomic mass is 9.91. The van der Waals surface area contributed by atoms with Crippen molar-refractivity contribution < 1.29 is 0 Å². The molecule has 0 fully saturated rings. The highest BCUT2D eigenvalue weighted by Crippen LogP contribution is 2.31. The van der Waals surface area contributed by atoms with Crippen molar-refractivity contribution in [2.24, 2.45) is 0 Å². The van der Waals surface area contributed by atoms with E-state index in [9.17, 15) is 0 Å². The Kier molecular flexibility index (Phi) is 5.48. The van der Waals surface area contributed by atoms with Gasteiger partial charge in [0.15, 0.2) is 0 Å². The second-order valence-electron chi connectivity index (χ2n) is 5.02. The highest BCUT2D eigenvalue weighted by molar-refractivity contribution is 7.98. The monoisotopic (exact) mass is 268 g/mol. The lowest BCUT2D eigenvalue weighted by molar-refractivity contribution is 0.567. The van der Waals surface area contributed by atoms with Crippen LogP contribution in [0.3, 0.4) is 0 Å².